The molecule has 0 aliphatic rings. The van der Waals surface area contributed by atoms with Gasteiger partial charge in [0.1, 0.15) is 0 Å². The first-order chi connectivity index (χ1) is 4.22. The Hall–Kier alpha value is -0.0800. The SMILES string of the molecule is CCCC(CO)[C@@H](C)N. The van der Waals surface area contributed by atoms with E-state index in [4.69, 9.17) is 10.8 Å². The fraction of sp³-hybridized carbons (Fsp3) is 1.00. The van der Waals surface area contributed by atoms with Crippen LogP contribution < -0.4 is 5.73 Å². The molecular weight excluding hydrogens is 114 g/mol. The molecule has 0 amide bonds. The van der Waals surface area contributed by atoms with Gasteiger partial charge in [0.05, 0.1) is 0 Å². The third-order valence-corrected chi connectivity index (χ3v) is 1.64. The smallest absolute Gasteiger partial charge is 0.0473 e. The monoisotopic (exact) mass is 131 g/mol. The molecule has 0 radical (unpaired) electrons. The largest absolute Gasteiger partial charge is 0.396 e. The van der Waals surface area contributed by atoms with Crippen molar-refractivity contribution in [2.75, 3.05) is 6.61 Å². The molecule has 0 heterocycles. The Balaban J connectivity index is 3.41. The summed E-state index contributed by atoms with van der Waals surface area (Å²) in [5.74, 6) is 0.301. The van der Waals surface area contributed by atoms with Crippen LogP contribution in [0.3, 0.4) is 0 Å². The molecule has 0 aromatic carbocycles. The molecule has 0 aliphatic carbocycles. The summed E-state index contributed by atoms with van der Waals surface area (Å²) in [6, 6.07) is 0.134. The van der Waals surface area contributed by atoms with Crippen LogP contribution in [-0.2, 0) is 0 Å². The van der Waals surface area contributed by atoms with Crippen molar-refractivity contribution in [1.29, 1.82) is 0 Å². The predicted octanol–water partition coefficient (Wildman–Crippen LogP) is 0.742. The van der Waals surface area contributed by atoms with Gasteiger partial charge in [-0.25, -0.2) is 0 Å². The van der Waals surface area contributed by atoms with E-state index in [-0.39, 0.29) is 12.6 Å². The van der Waals surface area contributed by atoms with Crippen molar-refractivity contribution in [3.63, 3.8) is 0 Å². The Morgan fingerprint density at radius 3 is 2.22 bits per heavy atom. The van der Waals surface area contributed by atoms with Gasteiger partial charge < -0.3 is 10.8 Å². The first-order valence-electron chi connectivity index (χ1n) is 3.58. The summed E-state index contributed by atoms with van der Waals surface area (Å²) >= 11 is 0. The second-order valence-corrected chi connectivity index (χ2v) is 2.59. The van der Waals surface area contributed by atoms with Crippen LogP contribution in [0, 0.1) is 5.92 Å². The third kappa shape index (κ3) is 3.49. The summed E-state index contributed by atoms with van der Waals surface area (Å²) in [5, 5.41) is 8.75. The molecule has 3 N–H and O–H groups in total. The molecule has 0 saturated carbocycles. The van der Waals surface area contributed by atoms with Crippen LogP contribution in [-0.4, -0.2) is 17.8 Å². The van der Waals surface area contributed by atoms with E-state index < -0.39 is 0 Å². The van der Waals surface area contributed by atoms with Crippen molar-refractivity contribution in [2.24, 2.45) is 11.7 Å². The number of nitrogens with two attached hydrogens (primary N) is 1. The molecule has 0 aromatic heterocycles. The first kappa shape index (κ1) is 8.92. The number of aliphatic hydroxyl groups excluding tert-OH is 1. The minimum absolute atomic E-state index is 0.134. The Morgan fingerprint density at radius 2 is 2.11 bits per heavy atom. The van der Waals surface area contributed by atoms with Crippen molar-refractivity contribution in [2.45, 2.75) is 32.7 Å². The van der Waals surface area contributed by atoms with Crippen LogP contribution in [0.2, 0.25) is 0 Å². The normalized spacial score (nSPS) is 17.3. The van der Waals surface area contributed by atoms with Crippen LogP contribution in [0.5, 0.6) is 0 Å². The van der Waals surface area contributed by atoms with Crippen molar-refractivity contribution in [3.05, 3.63) is 0 Å². The van der Waals surface area contributed by atoms with E-state index in [2.05, 4.69) is 6.92 Å². The lowest BCUT2D eigenvalue weighted by atomic mass is 9.98. The third-order valence-electron chi connectivity index (χ3n) is 1.64. The Morgan fingerprint density at radius 1 is 1.56 bits per heavy atom. The van der Waals surface area contributed by atoms with Crippen LogP contribution in [0.15, 0.2) is 0 Å². The van der Waals surface area contributed by atoms with Gasteiger partial charge in [0.2, 0.25) is 0 Å². The van der Waals surface area contributed by atoms with Crippen LogP contribution in [0.1, 0.15) is 26.7 Å². The fourth-order valence-electron chi connectivity index (χ4n) is 0.891. The average Bonchev–Trinajstić information content (AvgIpc) is 1.82. The van der Waals surface area contributed by atoms with Crippen LogP contribution >= 0.6 is 0 Å². The summed E-state index contributed by atoms with van der Waals surface area (Å²) in [5.41, 5.74) is 5.57. The van der Waals surface area contributed by atoms with Gasteiger partial charge in [0.15, 0.2) is 0 Å². The van der Waals surface area contributed by atoms with Crippen molar-refractivity contribution < 1.29 is 5.11 Å². The minimum Gasteiger partial charge on any atom is -0.396 e. The summed E-state index contributed by atoms with van der Waals surface area (Å²) in [6.45, 7) is 4.27. The molecule has 0 saturated heterocycles. The maximum absolute atomic E-state index is 8.75. The fourth-order valence-corrected chi connectivity index (χ4v) is 0.891. The molecule has 0 fully saturated rings. The number of rotatable bonds is 4. The van der Waals surface area contributed by atoms with Crippen LogP contribution in [0.4, 0.5) is 0 Å². The minimum atomic E-state index is 0.134. The van der Waals surface area contributed by atoms with E-state index in [0.29, 0.717) is 5.92 Å². The zero-order chi connectivity index (χ0) is 7.28. The summed E-state index contributed by atoms with van der Waals surface area (Å²) < 4.78 is 0. The molecule has 0 rings (SSSR count). The average molecular weight is 131 g/mol. The second kappa shape index (κ2) is 4.77. The Bertz CT molecular complexity index is 63.9. The lowest BCUT2D eigenvalue weighted by Crippen LogP contribution is -2.28. The summed E-state index contributed by atoms with van der Waals surface area (Å²) in [7, 11) is 0. The molecule has 56 valence electrons. The molecule has 0 aliphatic heterocycles. The van der Waals surface area contributed by atoms with Gasteiger partial charge in [0.25, 0.3) is 0 Å². The molecule has 9 heavy (non-hydrogen) atoms. The van der Waals surface area contributed by atoms with E-state index in [1.54, 1.807) is 0 Å². The van der Waals surface area contributed by atoms with Crippen molar-refractivity contribution in [1.82, 2.24) is 0 Å². The van der Waals surface area contributed by atoms with Gasteiger partial charge in [0, 0.05) is 12.6 Å². The van der Waals surface area contributed by atoms with Crippen molar-refractivity contribution >= 4 is 0 Å². The highest BCUT2D eigenvalue weighted by Crippen LogP contribution is 2.07. The lowest BCUT2D eigenvalue weighted by molar-refractivity contribution is 0.200. The highest BCUT2D eigenvalue weighted by molar-refractivity contribution is 4.66. The lowest BCUT2D eigenvalue weighted by Gasteiger charge is -2.16. The summed E-state index contributed by atoms with van der Waals surface area (Å²) in [4.78, 5) is 0. The van der Waals surface area contributed by atoms with E-state index in [1.165, 1.54) is 0 Å². The van der Waals surface area contributed by atoms with E-state index in [0.717, 1.165) is 12.8 Å². The van der Waals surface area contributed by atoms with Gasteiger partial charge in [-0.2, -0.15) is 0 Å². The molecular formula is C7H17NO. The van der Waals surface area contributed by atoms with Crippen molar-refractivity contribution in [3.8, 4) is 0 Å². The van der Waals surface area contributed by atoms with Gasteiger partial charge in [-0.1, -0.05) is 13.3 Å². The first-order valence-corrected chi connectivity index (χ1v) is 3.58. The predicted molar refractivity (Wildman–Crippen MR) is 39.1 cm³/mol. The Kier molecular flexibility index (Phi) is 4.72. The zero-order valence-corrected chi connectivity index (χ0v) is 6.30. The van der Waals surface area contributed by atoms with Gasteiger partial charge in [-0.15, -0.1) is 0 Å². The standard InChI is InChI=1S/C7H17NO/c1-3-4-7(5-9)6(2)8/h6-7,9H,3-5,8H2,1-2H3/t6-,7?/m1/s1. The zero-order valence-electron chi connectivity index (χ0n) is 6.30. The molecule has 1 unspecified atom stereocenters. The number of aliphatic hydroxyl groups is 1. The van der Waals surface area contributed by atoms with Gasteiger partial charge in [-0.3, -0.25) is 0 Å². The maximum Gasteiger partial charge on any atom is 0.0473 e. The highest BCUT2D eigenvalue weighted by Gasteiger charge is 2.09. The highest BCUT2D eigenvalue weighted by atomic mass is 16.3. The number of hydrogen-bond acceptors (Lipinski definition) is 2. The topological polar surface area (TPSA) is 46.2 Å². The molecule has 2 heteroatoms. The maximum atomic E-state index is 8.75. The quantitative estimate of drug-likeness (QED) is 0.591. The number of hydrogen-bond donors (Lipinski definition) is 2. The molecule has 2 atom stereocenters. The second-order valence-electron chi connectivity index (χ2n) is 2.59. The van der Waals surface area contributed by atoms with Gasteiger partial charge in [-0.05, 0) is 19.3 Å². The molecule has 0 aromatic rings. The molecule has 2 nitrogen and oxygen atoms in total. The molecule has 0 spiro atoms. The van der Waals surface area contributed by atoms with Gasteiger partial charge >= 0.3 is 0 Å². The van der Waals surface area contributed by atoms with E-state index >= 15 is 0 Å². The van der Waals surface area contributed by atoms with E-state index in [9.17, 15) is 0 Å². The van der Waals surface area contributed by atoms with Crippen LogP contribution in [0.25, 0.3) is 0 Å². The Labute approximate surface area is 57.1 Å². The van der Waals surface area contributed by atoms with E-state index in [1.807, 2.05) is 6.92 Å². The summed E-state index contributed by atoms with van der Waals surface area (Å²) in [6.07, 6.45) is 2.14. The molecule has 0 bridgehead atoms.